The molecular weight excluding hydrogens is 200 g/mol. The van der Waals surface area contributed by atoms with Gasteiger partial charge >= 0.3 is 0 Å². The van der Waals surface area contributed by atoms with E-state index < -0.39 is 0 Å². The Morgan fingerprint density at radius 1 is 1.12 bits per heavy atom. The molecule has 0 spiro atoms. The molecule has 0 aliphatic carbocycles. The average molecular weight is 226 g/mol. The van der Waals surface area contributed by atoms with Gasteiger partial charge in [0.2, 0.25) is 0 Å². The molecule has 1 N–H and O–H groups in total. The lowest BCUT2D eigenvalue weighted by Crippen LogP contribution is -2.45. The molecule has 3 nitrogen and oxygen atoms in total. The van der Waals surface area contributed by atoms with Gasteiger partial charge in [0.05, 0.1) is 0 Å². The van der Waals surface area contributed by atoms with Gasteiger partial charge in [-0.3, -0.25) is 0 Å². The van der Waals surface area contributed by atoms with Crippen molar-refractivity contribution in [1.29, 1.82) is 0 Å². The Bertz CT molecular complexity index is 186. The van der Waals surface area contributed by atoms with Crippen molar-refractivity contribution < 1.29 is 4.74 Å². The van der Waals surface area contributed by atoms with Gasteiger partial charge < -0.3 is 15.0 Å². The third-order valence-corrected chi connectivity index (χ3v) is 4.06. The van der Waals surface area contributed by atoms with Crippen LogP contribution in [0, 0.1) is 5.92 Å². The summed E-state index contributed by atoms with van der Waals surface area (Å²) in [5, 5.41) is 3.45. The van der Waals surface area contributed by atoms with Crippen LogP contribution in [0.2, 0.25) is 0 Å². The van der Waals surface area contributed by atoms with Crippen molar-refractivity contribution in [2.75, 3.05) is 39.4 Å². The lowest BCUT2D eigenvalue weighted by Gasteiger charge is -2.37. The van der Waals surface area contributed by atoms with E-state index in [0.29, 0.717) is 0 Å². The number of nitrogens with one attached hydrogen (secondary N) is 1. The fourth-order valence-electron chi connectivity index (χ4n) is 2.97. The summed E-state index contributed by atoms with van der Waals surface area (Å²) in [6.07, 6.45) is 5.19. The summed E-state index contributed by atoms with van der Waals surface area (Å²) in [6, 6.07) is 0.828. The highest BCUT2D eigenvalue weighted by atomic mass is 16.5. The summed E-state index contributed by atoms with van der Waals surface area (Å²) in [4.78, 5) is 2.71. The molecule has 2 saturated heterocycles. The average Bonchev–Trinajstić information content (AvgIpc) is 2.38. The van der Waals surface area contributed by atoms with E-state index in [1.807, 2.05) is 0 Å². The molecule has 3 heteroatoms. The van der Waals surface area contributed by atoms with Crippen LogP contribution in [0.4, 0.5) is 0 Å². The maximum Gasteiger partial charge on any atom is 0.0469 e. The lowest BCUT2D eigenvalue weighted by atomic mass is 9.97. The Kier molecular flexibility index (Phi) is 5.07. The van der Waals surface area contributed by atoms with Gasteiger partial charge in [0, 0.05) is 25.8 Å². The zero-order valence-corrected chi connectivity index (χ0v) is 10.6. The van der Waals surface area contributed by atoms with Crippen molar-refractivity contribution in [2.24, 2.45) is 5.92 Å². The van der Waals surface area contributed by atoms with Crippen molar-refractivity contribution in [3.63, 3.8) is 0 Å². The number of nitrogens with zero attached hydrogens (tertiary/aromatic N) is 1. The second kappa shape index (κ2) is 6.58. The summed E-state index contributed by atoms with van der Waals surface area (Å²) in [5.74, 6) is 0.878. The quantitative estimate of drug-likeness (QED) is 0.786. The lowest BCUT2D eigenvalue weighted by molar-refractivity contribution is 0.0431. The highest BCUT2D eigenvalue weighted by Crippen LogP contribution is 2.19. The van der Waals surface area contributed by atoms with Gasteiger partial charge in [0.1, 0.15) is 0 Å². The van der Waals surface area contributed by atoms with Crippen LogP contribution in [-0.2, 0) is 4.74 Å². The first-order valence-corrected chi connectivity index (χ1v) is 6.92. The first-order chi connectivity index (χ1) is 7.90. The van der Waals surface area contributed by atoms with Crippen molar-refractivity contribution in [1.82, 2.24) is 10.2 Å². The van der Waals surface area contributed by atoms with E-state index in [0.717, 1.165) is 25.2 Å². The Hall–Kier alpha value is -0.120. The van der Waals surface area contributed by atoms with E-state index in [9.17, 15) is 0 Å². The highest BCUT2D eigenvalue weighted by Gasteiger charge is 2.23. The molecule has 0 radical (unpaired) electrons. The predicted octanol–water partition coefficient (Wildman–Crippen LogP) is 1.49. The van der Waals surface area contributed by atoms with E-state index in [1.165, 1.54) is 51.9 Å². The van der Waals surface area contributed by atoms with E-state index in [1.54, 1.807) is 0 Å². The van der Waals surface area contributed by atoms with E-state index in [4.69, 9.17) is 4.74 Å². The molecule has 0 aromatic carbocycles. The molecular formula is C13H26N2O. The van der Waals surface area contributed by atoms with Crippen LogP contribution in [-0.4, -0.2) is 50.3 Å². The smallest absolute Gasteiger partial charge is 0.0469 e. The van der Waals surface area contributed by atoms with Crippen LogP contribution in [0.5, 0.6) is 0 Å². The van der Waals surface area contributed by atoms with Crippen LogP contribution in [0.1, 0.15) is 32.6 Å². The van der Waals surface area contributed by atoms with Crippen molar-refractivity contribution in [3.05, 3.63) is 0 Å². The van der Waals surface area contributed by atoms with Gasteiger partial charge in [-0.2, -0.15) is 0 Å². The molecule has 2 aliphatic heterocycles. The molecule has 16 heavy (non-hydrogen) atoms. The largest absolute Gasteiger partial charge is 0.381 e. The Morgan fingerprint density at radius 3 is 2.44 bits per heavy atom. The van der Waals surface area contributed by atoms with Gasteiger partial charge in [-0.25, -0.2) is 0 Å². The molecule has 2 rings (SSSR count). The number of hydrogen-bond donors (Lipinski definition) is 1. The number of piperidine rings is 1. The minimum absolute atomic E-state index is 0.828. The van der Waals surface area contributed by atoms with Gasteiger partial charge in [0.15, 0.2) is 0 Å². The molecule has 0 aromatic rings. The Labute approximate surface area is 99.5 Å². The first-order valence-electron chi connectivity index (χ1n) is 6.92. The molecule has 0 amide bonds. The Morgan fingerprint density at radius 2 is 1.81 bits per heavy atom. The Balaban J connectivity index is 1.78. The van der Waals surface area contributed by atoms with Crippen molar-refractivity contribution >= 4 is 0 Å². The summed E-state index contributed by atoms with van der Waals surface area (Å²) < 4.78 is 5.43. The fraction of sp³-hybridized carbons (Fsp3) is 1.00. The van der Waals surface area contributed by atoms with Crippen LogP contribution in [0.25, 0.3) is 0 Å². The molecule has 0 atom stereocenters. The summed E-state index contributed by atoms with van der Waals surface area (Å²) >= 11 is 0. The third kappa shape index (κ3) is 3.44. The molecule has 0 saturated carbocycles. The van der Waals surface area contributed by atoms with Crippen molar-refractivity contribution in [3.8, 4) is 0 Å². The molecule has 2 heterocycles. The van der Waals surface area contributed by atoms with Crippen LogP contribution in [0.3, 0.4) is 0 Å². The molecule has 2 fully saturated rings. The van der Waals surface area contributed by atoms with Crippen LogP contribution in [0.15, 0.2) is 0 Å². The molecule has 0 bridgehead atoms. The van der Waals surface area contributed by atoms with Gasteiger partial charge in [0.25, 0.3) is 0 Å². The predicted molar refractivity (Wildman–Crippen MR) is 66.7 cm³/mol. The monoisotopic (exact) mass is 226 g/mol. The minimum Gasteiger partial charge on any atom is -0.381 e. The number of ether oxygens (including phenoxy) is 1. The first kappa shape index (κ1) is 12.3. The number of hydrogen-bond acceptors (Lipinski definition) is 3. The fourth-order valence-corrected chi connectivity index (χ4v) is 2.97. The zero-order chi connectivity index (χ0) is 11.2. The van der Waals surface area contributed by atoms with Gasteiger partial charge in [-0.1, -0.05) is 6.92 Å². The SMILES string of the molecule is CCN(CC1CCOCC1)C1CCNCC1. The maximum atomic E-state index is 5.43. The van der Waals surface area contributed by atoms with Crippen LogP contribution >= 0.6 is 0 Å². The highest BCUT2D eigenvalue weighted by molar-refractivity contribution is 4.79. The van der Waals surface area contributed by atoms with E-state index in [-0.39, 0.29) is 0 Å². The molecule has 2 aliphatic rings. The third-order valence-electron chi connectivity index (χ3n) is 4.06. The minimum atomic E-state index is 0.828. The summed E-state index contributed by atoms with van der Waals surface area (Å²) in [7, 11) is 0. The van der Waals surface area contributed by atoms with E-state index in [2.05, 4.69) is 17.1 Å². The van der Waals surface area contributed by atoms with Gasteiger partial charge in [-0.15, -0.1) is 0 Å². The summed E-state index contributed by atoms with van der Waals surface area (Å²) in [6.45, 7) is 9.18. The normalized spacial score (nSPS) is 25.1. The van der Waals surface area contributed by atoms with Crippen LogP contribution < -0.4 is 5.32 Å². The second-order valence-corrected chi connectivity index (χ2v) is 5.12. The molecule has 94 valence electrons. The second-order valence-electron chi connectivity index (χ2n) is 5.12. The van der Waals surface area contributed by atoms with Crippen molar-refractivity contribution in [2.45, 2.75) is 38.6 Å². The maximum absolute atomic E-state index is 5.43. The molecule has 0 aromatic heterocycles. The zero-order valence-electron chi connectivity index (χ0n) is 10.6. The van der Waals surface area contributed by atoms with E-state index >= 15 is 0 Å². The standard InChI is InChI=1S/C13H26N2O/c1-2-15(13-3-7-14-8-4-13)11-12-5-9-16-10-6-12/h12-14H,2-11H2,1H3. The topological polar surface area (TPSA) is 24.5 Å². The van der Waals surface area contributed by atoms with Gasteiger partial charge in [-0.05, 0) is 51.2 Å². The molecule has 0 unspecified atom stereocenters. The number of rotatable bonds is 4. The summed E-state index contributed by atoms with van der Waals surface area (Å²) in [5.41, 5.74) is 0.